The van der Waals surface area contributed by atoms with E-state index in [0.29, 0.717) is 6.54 Å². The molecule has 0 spiro atoms. The Morgan fingerprint density at radius 2 is 1.85 bits per heavy atom. The summed E-state index contributed by atoms with van der Waals surface area (Å²) in [5, 5.41) is 6.47. The lowest BCUT2D eigenvalue weighted by Gasteiger charge is -2.11. The highest BCUT2D eigenvalue weighted by Crippen LogP contribution is 2.08. The van der Waals surface area contributed by atoms with Crippen LogP contribution in [0.5, 0.6) is 0 Å². The predicted octanol–water partition coefficient (Wildman–Crippen LogP) is 1.63. The van der Waals surface area contributed by atoms with Gasteiger partial charge in [-0.1, -0.05) is 24.3 Å². The smallest absolute Gasteiger partial charge is 0.215 e. The van der Waals surface area contributed by atoms with Crippen molar-refractivity contribution in [2.24, 2.45) is 4.99 Å². The van der Waals surface area contributed by atoms with Crippen LogP contribution in [0.3, 0.4) is 0 Å². The molecule has 0 aliphatic rings. The standard InChI is InChI=1S/C18H26N4O3S/c1-3-20-18(21-11-10-17-5-4-12-25-17)22-13-15-6-8-16(9-7-15)14-26(23,24)19-2/h4-9,12,19H,3,10-11,13-14H2,1-2H3,(H2,20,21,22). The topological polar surface area (TPSA) is 95.7 Å². The minimum absolute atomic E-state index is 0.0238. The van der Waals surface area contributed by atoms with Crippen LogP contribution >= 0.6 is 0 Å². The minimum atomic E-state index is -3.25. The molecule has 0 saturated carbocycles. The number of rotatable bonds is 9. The Hall–Kier alpha value is -2.32. The molecule has 0 bridgehead atoms. The van der Waals surface area contributed by atoms with Crippen molar-refractivity contribution in [3.63, 3.8) is 0 Å². The van der Waals surface area contributed by atoms with E-state index in [1.807, 2.05) is 43.3 Å². The van der Waals surface area contributed by atoms with Gasteiger partial charge in [0.15, 0.2) is 5.96 Å². The van der Waals surface area contributed by atoms with E-state index in [-0.39, 0.29) is 5.75 Å². The van der Waals surface area contributed by atoms with Gasteiger partial charge in [-0.25, -0.2) is 18.1 Å². The van der Waals surface area contributed by atoms with Crippen molar-refractivity contribution in [2.45, 2.75) is 25.6 Å². The van der Waals surface area contributed by atoms with Crippen LogP contribution in [0.2, 0.25) is 0 Å². The Morgan fingerprint density at radius 3 is 2.46 bits per heavy atom. The van der Waals surface area contributed by atoms with Crippen molar-refractivity contribution in [2.75, 3.05) is 20.1 Å². The molecule has 3 N–H and O–H groups in total. The van der Waals surface area contributed by atoms with Crippen molar-refractivity contribution < 1.29 is 12.8 Å². The average molecular weight is 378 g/mol. The van der Waals surface area contributed by atoms with Gasteiger partial charge in [-0.2, -0.15) is 0 Å². The maximum atomic E-state index is 11.6. The molecule has 0 aliphatic heterocycles. The van der Waals surface area contributed by atoms with E-state index < -0.39 is 10.0 Å². The fraction of sp³-hybridized carbons (Fsp3) is 0.389. The van der Waals surface area contributed by atoms with E-state index in [4.69, 9.17) is 4.42 Å². The highest BCUT2D eigenvalue weighted by atomic mass is 32.2. The summed E-state index contributed by atoms with van der Waals surface area (Å²) < 4.78 is 30.8. The Balaban J connectivity index is 1.89. The summed E-state index contributed by atoms with van der Waals surface area (Å²) in [5.74, 6) is 1.64. The van der Waals surface area contributed by atoms with Gasteiger partial charge < -0.3 is 15.1 Å². The molecule has 0 amide bonds. The van der Waals surface area contributed by atoms with Gasteiger partial charge in [0.1, 0.15) is 5.76 Å². The first-order valence-electron chi connectivity index (χ1n) is 8.56. The number of sulfonamides is 1. The van der Waals surface area contributed by atoms with Crippen LogP contribution in [0.1, 0.15) is 23.8 Å². The minimum Gasteiger partial charge on any atom is -0.469 e. The molecule has 2 rings (SSSR count). The summed E-state index contributed by atoms with van der Waals surface area (Å²) >= 11 is 0. The van der Waals surface area contributed by atoms with E-state index in [1.165, 1.54) is 7.05 Å². The van der Waals surface area contributed by atoms with Gasteiger partial charge in [0.05, 0.1) is 18.6 Å². The monoisotopic (exact) mass is 378 g/mol. The zero-order valence-electron chi connectivity index (χ0n) is 15.2. The zero-order chi connectivity index (χ0) is 18.8. The summed E-state index contributed by atoms with van der Waals surface area (Å²) in [5.41, 5.74) is 1.76. The molecule has 8 heteroatoms. The van der Waals surface area contributed by atoms with Crippen LogP contribution in [0.15, 0.2) is 52.1 Å². The Morgan fingerprint density at radius 1 is 1.12 bits per heavy atom. The third-order valence-electron chi connectivity index (χ3n) is 3.70. The van der Waals surface area contributed by atoms with Crippen molar-refractivity contribution in [3.05, 3.63) is 59.5 Å². The van der Waals surface area contributed by atoms with Crippen LogP contribution in [-0.2, 0) is 28.7 Å². The Kier molecular flexibility index (Phi) is 7.68. The largest absolute Gasteiger partial charge is 0.469 e. The number of hydrogen-bond acceptors (Lipinski definition) is 4. The number of guanidine groups is 1. The molecule has 7 nitrogen and oxygen atoms in total. The SMILES string of the molecule is CCNC(=NCc1ccc(CS(=O)(=O)NC)cc1)NCCc1ccco1. The normalized spacial score (nSPS) is 12.2. The molecule has 142 valence electrons. The van der Waals surface area contributed by atoms with Gasteiger partial charge in [0.2, 0.25) is 10.0 Å². The van der Waals surface area contributed by atoms with E-state index in [0.717, 1.165) is 42.4 Å². The molecule has 0 fully saturated rings. The summed E-state index contributed by atoms with van der Waals surface area (Å²) in [4.78, 5) is 4.56. The van der Waals surface area contributed by atoms with Gasteiger partial charge in [-0.15, -0.1) is 0 Å². The van der Waals surface area contributed by atoms with Crippen LogP contribution in [0.4, 0.5) is 0 Å². The van der Waals surface area contributed by atoms with Crippen LogP contribution in [-0.4, -0.2) is 34.5 Å². The lowest BCUT2D eigenvalue weighted by Crippen LogP contribution is -2.38. The molecule has 26 heavy (non-hydrogen) atoms. The van der Waals surface area contributed by atoms with Gasteiger partial charge in [0.25, 0.3) is 0 Å². The molecular weight excluding hydrogens is 352 g/mol. The first-order valence-corrected chi connectivity index (χ1v) is 10.2. The quantitative estimate of drug-likeness (QED) is 0.455. The lowest BCUT2D eigenvalue weighted by molar-refractivity contribution is 0.507. The lowest BCUT2D eigenvalue weighted by atomic mass is 10.1. The molecule has 0 atom stereocenters. The Bertz CT molecular complexity index is 784. The summed E-state index contributed by atoms with van der Waals surface area (Å²) in [6.45, 7) is 4.02. The van der Waals surface area contributed by atoms with Crippen LogP contribution < -0.4 is 15.4 Å². The fourth-order valence-electron chi connectivity index (χ4n) is 2.30. The number of aliphatic imine (C=N–C) groups is 1. The number of hydrogen-bond donors (Lipinski definition) is 3. The van der Waals surface area contributed by atoms with Crippen molar-refractivity contribution in [1.29, 1.82) is 0 Å². The first-order chi connectivity index (χ1) is 12.5. The molecule has 1 aromatic heterocycles. The van der Waals surface area contributed by atoms with Crippen LogP contribution in [0.25, 0.3) is 0 Å². The maximum Gasteiger partial charge on any atom is 0.215 e. The average Bonchev–Trinajstić information content (AvgIpc) is 3.14. The molecule has 0 saturated heterocycles. The van der Waals surface area contributed by atoms with Gasteiger partial charge >= 0.3 is 0 Å². The third kappa shape index (κ3) is 6.89. The highest BCUT2D eigenvalue weighted by Gasteiger charge is 2.08. The van der Waals surface area contributed by atoms with Gasteiger partial charge in [-0.3, -0.25) is 0 Å². The van der Waals surface area contributed by atoms with E-state index >= 15 is 0 Å². The van der Waals surface area contributed by atoms with E-state index in [2.05, 4.69) is 20.3 Å². The molecule has 0 aliphatic carbocycles. The van der Waals surface area contributed by atoms with Crippen molar-refractivity contribution in [1.82, 2.24) is 15.4 Å². The third-order valence-corrected chi connectivity index (χ3v) is 5.03. The first kappa shape index (κ1) is 20.0. The van der Waals surface area contributed by atoms with Crippen LogP contribution in [0, 0.1) is 0 Å². The number of nitrogens with one attached hydrogen (secondary N) is 3. The maximum absolute atomic E-state index is 11.6. The van der Waals surface area contributed by atoms with Gasteiger partial charge in [-0.05, 0) is 37.2 Å². The Labute approximate surface area is 155 Å². The molecule has 0 unspecified atom stereocenters. The molecular formula is C18H26N4O3S. The summed E-state index contributed by atoms with van der Waals surface area (Å²) in [6.07, 6.45) is 2.45. The van der Waals surface area contributed by atoms with Crippen molar-refractivity contribution in [3.8, 4) is 0 Å². The van der Waals surface area contributed by atoms with E-state index in [1.54, 1.807) is 6.26 Å². The second-order valence-corrected chi connectivity index (χ2v) is 7.66. The number of nitrogens with zero attached hydrogens (tertiary/aromatic N) is 1. The number of benzene rings is 1. The van der Waals surface area contributed by atoms with Crippen molar-refractivity contribution >= 4 is 16.0 Å². The van der Waals surface area contributed by atoms with E-state index in [9.17, 15) is 8.42 Å². The molecule has 1 heterocycles. The van der Waals surface area contributed by atoms with Gasteiger partial charge in [0, 0.05) is 19.5 Å². The second kappa shape index (κ2) is 9.98. The fourth-order valence-corrected chi connectivity index (χ4v) is 3.08. The highest BCUT2D eigenvalue weighted by molar-refractivity contribution is 7.88. The molecule has 0 radical (unpaired) electrons. The summed E-state index contributed by atoms with van der Waals surface area (Å²) in [7, 11) is -1.84. The second-order valence-electron chi connectivity index (χ2n) is 5.73. The molecule has 2 aromatic rings. The summed E-state index contributed by atoms with van der Waals surface area (Å²) in [6, 6.07) is 11.3. The predicted molar refractivity (Wildman–Crippen MR) is 103 cm³/mol. The zero-order valence-corrected chi connectivity index (χ0v) is 16.0. The molecule has 1 aromatic carbocycles. The number of furan rings is 1.